The first-order valence-corrected chi connectivity index (χ1v) is 5.02. The second kappa shape index (κ2) is 3.50. The highest BCUT2D eigenvalue weighted by atomic mass is 15.1. The Balaban J connectivity index is 2.23. The van der Waals surface area contributed by atoms with E-state index >= 15 is 0 Å². The van der Waals surface area contributed by atoms with E-state index in [-0.39, 0.29) is 0 Å². The highest BCUT2D eigenvalue weighted by molar-refractivity contribution is 5.01. The van der Waals surface area contributed by atoms with Crippen molar-refractivity contribution in [2.24, 2.45) is 0 Å². The Labute approximate surface area is 79.2 Å². The molecule has 1 saturated heterocycles. The summed E-state index contributed by atoms with van der Waals surface area (Å²) in [7, 11) is 0. The van der Waals surface area contributed by atoms with Crippen molar-refractivity contribution < 1.29 is 0 Å². The summed E-state index contributed by atoms with van der Waals surface area (Å²) in [6.45, 7) is 6.62. The fourth-order valence-electron chi connectivity index (χ4n) is 1.96. The molecule has 0 spiro atoms. The lowest BCUT2D eigenvalue weighted by molar-refractivity contribution is 0.510. The number of imidazole rings is 1. The first-order valence-electron chi connectivity index (χ1n) is 5.02. The predicted octanol–water partition coefficient (Wildman–Crippen LogP) is 1.54. The number of nitrogens with one attached hydrogen (secondary N) is 1. The average molecular weight is 179 g/mol. The number of hydrogen-bond acceptors (Lipinski definition) is 2. The van der Waals surface area contributed by atoms with Crippen molar-refractivity contribution in [3.05, 3.63) is 18.2 Å². The van der Waals surface area contributed by atoms with Crippen LogP contribution in [0.5, 0.6) is 0 Å². The topological polar surface area (TPSA) is 29.9 Å². The molecule has 1 unspecified atom stereocenters. The van der Waals surface area contributed by atoms with Gasteiger partial charge < -0.3 is 9.88 Å². The van der Waals surface area contributed by atoms with Crippen molar-refractivity contribution in [1.29, 1.82) is 0 Å². The van der Waals surface area contributed by atoms with Gasteiger partial charge in [-0.05, 0) is 13.0 Å². The molecule has 72 valence electrons. The van der Waals surface area contributed by atoms with E-state index in [1.54, 1.807) is 0 Å². The van der Waals surface area contributed by atoms with Crippen LogP contribution in [0.25, 0.3) is 0 Å². The third-order valence-electron chi connectivity index (χ3n) is 2.64. The Morgan fingerprint density at radius 1 is 1.62 bits per heavy atom. The van der Waals surface area contributed by atoms with Crippen LogP contribution in [0.2, 0.25) is 0 Å². The zero-order valence-corrected chi connectivity index (χ0v) is 8.33. The maximum Gasteiger partial charge on any atom is 0.111 e. The molecular weight excluding hydrogens is 162 g/mol. The van der Waals surface area contributed by atoms with Gasteiger partial charge >= 0.3 is 0 Å². The summed E-state index contributed by atoms with van der Waals surface area (Å²) < 4.78 is 2.32. The molecule has 2 rings (SSSR count). The van der Waals surface area contributed by atoms with Gasteiger partial charge in [-0.1, -0.05) is 13.8 Å². The minimum absolute atomic E-state index is 0.524. The van der Waals surface area contributed by atoms with Gasteiger partial charge in [-0.25, -0.2) is 4.98 Å². The lowest BCUT2D eigenvalue weighted by Gasteiger charge is -2.15. The van der Waals surface area contributed by atoms with Crippen LogP contribution in [0.15, 0.2) is 12.4 Å². The van der Waals surface area contributed by atoms with Crippen LogP contribution in [0, 0.1) is 0 Å². The van der Waals surface area contributed by atoms with Crippen LogP contribution in [0.1, 0.15) is 38.1 Å². The van der Waals surface area contributed by atoms with Gasteiger partial charge in [0, 0.05) is 30.9 Å². The summed E-state index contributed by atoms with van der Waals surface area (Å²) in [4.78, 5) is 4.40. The fourth-order valence-corrected chi connectivity index (χ4v) is 1.96. The standard InChI is InChI=1S/C10H17N3/c1-8(2)10-12-5-6-13(10)9-3-4-11-7-9/h5-6,8-9,11H,3-4,7H2,1-2H3. The quantitative estimate of drug-likeness (QED) is 0.746. The summed E-state index contributed by atoms with van der Waals surface area (Å²) in [5.74, 6) is 1.74. The Hall–Kier alpha value is -0.830. The SMILES string of the molecule is CC(C)c1nccn1C1CCNC1. The van der Waals surface area contributed by atoms with Crippen LogP contribution in [0.3, 0.4) is 0 Å². The lowest BCUT2D eigenvalue weighted by atomic mass is 10.2. The molecule has 1 aliphatic rings. The van der Waals surface area contributed by atoms with Gasteiger partial charge in [-0.15, -0.1) is 0 Å². The molecule has 0 amide bonds. The molecule has 13 heavy (non-hydrogen) atoms. The smallest absolute Gasteiger partial charge is 0.111 e. The van der Waals surface area contributed by atoms with E-state index in [4.69, 9.17) is 0 Å². The highest BCUT2D eigenvalue weighted by Crippen LogP contribution is 2.21. The van der Waals surface area contributed by atoms with E-state index < -0.39 is 0 Å². The Morgan fingerprint density at radius 3 is 3.08 bits per heavy atom. The fraction of sp³-hybridized carbons (Fsp3) is 0.700. The molecule has 1 N–H and O–H groups in total. The van der Waals surface area contributed by atoms with Gasteiger partial charge in [-0.2, -0.15) is 0 Å². The molecule has 3 heteroatoms. The second-order valence-electron chi connectivity index (χ2n) is 3.99. The van der Waals surface area contributed by atoms with Gasteiger partial charge in [0.05, 0.1) is 0 Å². The molecule has 0 radical (unpaired) electrons. The lowest BCUT2D eigenvalue weighted by Crippen LogP contribution is -2.15. The molecular formula is C10H17N3. The number of aromatic nitrogens is 2. The van der Waals surface area contributed by atoms with Gasteiger partial charge in [0.25, 0.3) is 0 Å². The van der Waals surface area contributed by atoms with Crippen molar-refractivity contribution in [2.45, 2.75) is 32.2 Å². The Morgan fingerprint density at radius 2 is 2.46 bits per heavy atom. The van der Waals surface area contributed by atoms with E-state index in [1.165, 1.54) is 12.2 Å². The van der Waals surface area contributed by atoms with E-state index in [1.807, 2.05) is 6.20 Å². The third-order valence-corrected chi connectivity index (χ3v) is 2.64. The van der Waals surface area contributed by atoms with E-state index in [0.717, 1.165) is 13.1 Å². The predicted molar refractivity (Wildman–Crippen MR) is 52.8 cm³/mol. The number of nitrogens with zero attached hydrogens (tertiary/aromatic N) is 2. The largest absolute Gasteiger partial charge is 0.330 e. The van der Waals surface area contributed by atoms with Crippen LogP contribution < -0.4 is 5.32 Å². The van der Waals surface area contributed by atoms with Gasteiger partial charge in [0.2, 0.25) is 0 Å². The molecule has 0 saturated carbocycles. The minimum atomic E-state index is 0.524. The number of hydrogen-bond donors (Lipinski definition) is 1. The summed E-state index contributed by atoms with van der Waals surface area (Å²) >= 11 is 0. The zero-order valence-electron chi connectivity index (χ0n) is 8.33. The molecule has 1 aromatic rings. The normalized spacial score (nSPS) is 22.8. The Kier molecular flexibility index (Phi) is 2.36. The summed E-state index contributed by atoms with van der Waals surface area (Å²) in [6.07, 6.45) is 5.25. The monoisotopic (exact) mass is 179 g/mol. The average Bonchev–Trinajstić information content (AvgIpc) is 2.74. The van der Waals surface area contributed by atoms with Crippen molar-refractivity contribution >= 4 is 0 Å². The minimum Gasteiger partial charge on any atom is -0.330 e. The van der Waals surface area contributed by atoms with Crippen LogP contribution in [0.4, 0.5) is 0 Å². The molecule has 0 aromatic carbocycles. The first kappa shape index (κ1) is 8.75. The molecule has 2 heterocycles. The van der Waals surface area contributed by atoms with Crippen LogP contribution >= 0.6 is 0 Å². The van der Waals surface area contributed by atoms with Crippen LogP contribution in [-0.4, -0.2) is 22.6 Å². The highest BCUT2D eigenvalue weighted by Gasteiger charge is 2.19. The van der Waals surface area contributed by atoms with Crippen molar-refractivity contribution in [1.82, 2.24) is 14.9 Å². The van der Waals surface area contributed by atoms with Crippen molar-refractivity contribution in [3.63, 3.8) is 0 Å². The zero-order chi connectivity index (χ0) is 9.26. The number of rotatable bonds is 2. The van der Waals surface area contributed by atoms with E-state index in [9.17, 15) is 0 Å². The van der Waals surface area contributed by atoms with Crippen molar-refractivity contribution in [3.8, 4) is 0 Å². The molecule has 1 aliphatic heterocycles. The van der Waals surface area contributed by atoms with Gasteiger partial charge in [-0.3, -0.25) is 0 Å². The van der Waals surface area contributed by atoms with Crippen LogP contribution in [-0.2, 0) is 0 Å². The van der Waals surface area contributed by atoms with Gasteiger partial charge in [0.1, 0.15) is 5.82 Å². The van der Waals surface area contributed by atoms with E-state index in [2.05, 4.69) is 34.9 Å². The van der Waals surface area contributed by atoms with Crippen molar-refractivity contribution in [2.75, 3.05) is 13.1 Å². The second-order valence-corrected chi connectivity index (χ2v) is 3.99. The molecule has 0 aliphatic carbocycles. The molecule has 0 bridgehead atoms. The molecule has 1 aromatic heterocycles. The summed E-state index contributed by atoms with van der Waals surface area (Å²) in [5, 5.41) is 3.38. The maximum absolute atomic E-state index is 4.40. The maximum atomic E-state index is 4.40. The molecule has 1 atom stereocenters. The molecule has 3 nitrogen and oxygen atoms in total. The molecule has 1 fully saturated rings. The van der Waals surface area contributed by atoms with E-state index in [0.29, 0.717) is 12.0 Å². The summed E-state index contributed by atoms with van der Waals surface area (Å²) in [5.41, 5.74) is 0. The summed E-state index contributed by atoms with van der Waals surface area (Å²) in [6, 6.07) is 0.625. The van der Waals surface area contributed by atoms with Gasteiger partial charge in [0.15, 0.2) is 0 Å². The third kappa shape index (κ3) is 1.61. The Bertz CT molecular complexity index is 271. The first-order chi connectivity index (χ1) is 6.29.